The lowest BCUT2D eigenvalue weighted by molar-refractivity contribution is -0.175. The van der Waals surface area contributed by atoms with Gasteiger partial charge in [-0.15, -0.1) is 0 Å². The van der Waals surface area contributed by atoms with Gasteiger partial charge < -0.3 is 31.1 Å². The number of rotatable bonds is 7. The molecule has 0 aromatic heterocycles. The zero-order valence-corrected chi connectivity index (χ0v) is 24.4. The molecule has 0 unspecified atom stereocenters. The zero-order valence-electron chi connectivity index (χ0n) is 24.4. The summed E-state index contributed by atoms with van der Waals surface area (Å²) in [6, 6.07) is 0.735. The predicted molar refractivity (Wildman–Crippen MR) is 151 cm³/mol. The smallest absolute Gasteiger partial charge is 0.255 e. The summed E-state index contributed by atoms with van der Waals surface area (Å²) in [5.74, 6) is -4.77. The van der Waals surface area contributed by atoms with Gasteiger partial charge in [0.25, 0.3) is 5.91 Å². The number of fused-ring (bicyclic) bond motifs is 3. The number of likely N-dealkylation sites (N-methyl/N-ethyl adjacent to an activating group) is 1. The van der Waals surface area contributed by atoms with Crippen LogP contribution in [0.2, 0.25) is 0 Å². The highest BCUT2D eigenvalue weighted by atomic mass is 16.3. The van der Waals surface area contributed by atoms with E-state index in [2.05, 4.69) is 6.92 Å². The number of Topliss-reactive ketones (excluding diaryl/α,β-unsaturated/α-hetero) is 2. The summed E-state index contributed by atoms with van der Waals surface area (Å²) in [6.07, 6.45) is 3.57. The molecule has 1 aromatic rings. The molecular weight excluding hydrogens is 514 g/mol. The van der Waals surface area contributed by atoms with Gasteiger partial charge in [0.2, 0.25) is 5.78 Å². The minimum Gasteiger partial charge on any atom is -0.508 e. The number of hydrogen-bond donors (Lipinski definition) is 5. The van der Waals surface area contributed by atoms with Crippen molar-refractivity contribution in [2.75, 3.05) is 33.1 Å². The van der Waals surface area contributed by atoms with Gasteiger partial charge in [0, 0.05) is 36.2 Å². The molecule has 10 heteroatoms. The van der Waals surface area contributed by atoms with Crippen LogP contribution in [-0.2, 0) is 27.2 Å². The molecule has 10 nitrogen and oxygen atoms in total. The normalized spacial score (nSPS) is 29.9. The molecule has 4 rings (SSSR count). The number of hydrogen-bond acceptors (Lipinski definition) is 9. The summed E-state index contributed by atoms with van der Waals surface area (Å²) in [6.45, 7) is 5.39. The molecule has 0 bridgehead atoms. The van der Waals surface area contributed by atoms with E-state index in [4.69, 9.17) is 5.73 Å². The number of ketones is 2. The third-order valence-corrected chi connectivity index (χ3v) is 9.22. The number of phenolic OH excluding ortho intramolecular Hbond substituents is 1. The van der Waals surface area contributed by atoms with Crippen molar-refractivity contribution in [1.82, 2.24) is 4.90 Å². The van der Waals surface area contributed by atoms with Crippen LogP contribution in [0, 0.1) is 10.8 Å². The molecule has 0 radical (unpaired) electrons. The van der Waals surface area contributed by atoms with Gasteiger partial charge in [-0.1, -0.05) is 33.6 Å². The molecule has 3 aliphatic rings. The number of nitrogens with zero attached hydrogens (tertiary/aromatic N) is 2. The van der Waals surface area contributed by atoms with E-state index in [9.17, 15) is 34.8 Å². The highest BCUT2D eigenvalue weighted by molar-refractivity contribution is 6.25. The molecule has 0 saturated heterocycles. The molecule has 1 amide bonds. The minimum absolute atomic E-state index is 0.00234. The second-order valence-electron chi connectivity index (χ2n) is 12.5. The van der Waals surface area contributed by atoms with E-state index in [1.54, 1.807) is 21.0 Å². The van der Waals surface area contributed by atoms with Crippen LogP contribution in [0.4, 0.5) is 5.69 Å². The number of amides is 1. The van der Waals surface area contributed by atoms with Crippen LogP contribution < -0.4 is 10.6 Å². The van der Waals surface area contributed by atoms with Crippen molar-refractivity contribution >= 4 is 28.9 Å². The second-order valence-corrected chi connectivity index (χ2v) is 12.5. The number of benzene rings is 1. The first-order valence-corrected chi connectivity index (χ1v) is 13.7. The summed E-state index contributed by atoms with van der Waals surface area (Å²) in [7, 11) is 6.90. The number of aryl methyl sites for hydroxylation is 1. The lowest BCUT2D eigenvalue weighted by atomic mass is 9.46. The maximum absolute atomic E-state index is 14.4. The van der Waals surface area contributed by atoms with Crippen LogP contribution in [0.25, 0.3) is 5.76 Å². The van der Waals surface area contributed by atoms with Gasteiger partial charge in [0.1, 0.15) is 22.8 Å². The summed E-state index contributed by atoms with van der Waals surface area (Å²) in [5, 5.41) is 46.4. The minimum atomic E-state index is -2.72. The standard InChI is InChI=1S/C30H41N3O7/c1-8-9-10-11-15-12-17(32(4)5)16-13-28(2)14-29(3)24(33(6)7)23(36)19(27(31)39)25(37)30(29,40)26(38)20(28)22(35)18(16)21(15)34/h12,24,34-35,37,40H,8-11,13-14H2,1-7H3,(H2,31,39)/t24-,28+,29+,30-/m1/s1. The van der Waals surface area contributed by atoms with Crippen molar-refractivity contribution in [1.29, 1.82) is 0 Å². The maximum Gasteiger partial charge on any atom is 0.255 e. The molecule has 4 atom stereocenters. The van der Waals surface area contributed by atoms with Gasteiger partial charge in [-0.3, -0.25) is 19.3 Å². The predicted octanol–water partition coefficient (Wildman–Crippen LogP) is 2.54. The van der Waals surface area contributed by atoms with Crippen LogP contribution >= 0.6 is 0 Å². The Bertz CT molecular complexity index is 1380. The van der Waals surface area contributed by atoms with E-state index < -0.39 is 57.0 Å². The fourth-order valence-corrected chi connectivity index (χ4v) is 7.58. The number of nitrogens with two attached hydrogens (primary N) is 1. The number of primary amides is 1. The molecular formula is C30H41N3O7. The fourth-order valence-electron chi connectivity index (χ4n) is 7.58. The number of carbonyl (C=O) groups excluding carboxylic acids is 3. The summed E-state index contributed by atoms with van der Waals surface area (Å²) in [5.41, 5.74) is 1.24. The van der Waals surface area contributed by atoms with Crippen LogP contribution in [0.1, 0.15) is 63.1 Å². The van der Waals surface area contributed by atoms with E-state index in [1.807, 2.05) is 25.1 Å². The number of phenols is 1. The largest absolute Gasteiger partial charge is 0.508 e. The highest BCUT2D eigenvalue weighted by Crippen LogP contribution is 2.63. The highest BCUT2D eigenvalue weighted by Gasteiger charge is 2.72. The van der Waals surface area contributed by atoms with Crippen molar-refractivity contribution < 1.29 is 34.8 Å². The van der Waals surface area contributed by atoms with Gasteiger partial charge >= 0.3 is 0 Å². The van der Waals surface area contributed by atoms with Crippen LogP contribution in [0.15, 0.2) is 23.0 Å². The number of unbranched alkanes of at least 4 members (excludes halogenated alkanes) is 2. The van der Waals surface area contributed by atoms with Crippen molar-refractivity contribution in [3.05, 3.63) is 39.7 Å². The topological polar surface area (TPSA) is 165 Å². The van der Waals surface area contributed by atoms with Gasteiger partial charge in [0.05, 0.1) is 11.6 Å². The van der Waals surface area contributed by atoms with E-state index >= 15 is 0 Å². The van der Waals surface area contributed by atoms with Crippen LogP contribution in [0.5, 0.6) is 5.75 Å². The Hall–Kier alpha value is -3.37. The Morgan fingerprint density at radius 1 is 1.10 bits per heavy atom. The first-order chi connectivity index (χ1) is 18.5. The summed E-state index contributed by atoms with van der Waals surface area (Å²) < 4.78 is 0. The van der Waals surface area contributed by atoms with Gasteiger partial charge in [-0.05, 0) is 57.0 Å². The molecule has 1 saturated carbocycles. The number of anilines is 1. The summed E-state index contributed by atoms with van der Waals surface area (Å²) in [4.78, 5) is 43.6. The molecule has 6 N–H and O–H groups in total. The summed E-state index contributed by atoms with van der Waals surface area (Å²) >= 11 is 0. The average molecular weight is 556 g/mol. The Balaban J connectivity index is 2.05. The average Bonchev–Trinajstić information content (AvgIpc) is 2.82. The molecule has 0 aliphatic heterocycles. The molecule has 1 fully saturated rings. The zero-order chi connectivity index (χ0) is 30.1. The molecule has 0 heterocycles. The molecule has 218 valence electrons. The maximum atomic E-state index is 14.4. The van der Waals surface area contributed by atoms with Crippen LogP contribution in [-0.4, -0.2) is 82.6 Å². The van der Waals surface area contributed by atoms with E-state index in [-0.39, 0.29) is 29.7 Å². The lowest BCUT2D eigenvalue weighted by Crippen LogP contribution is -2.72. The Morgan fingerprint density at radius 3 is 2.25 bits per heavy atom. The van der Waals surface area contributed by atoms with Gasteiger partial charge in [-0.25, -0.2) is 0 Å². The lowest BCUT2D eigenvalue weighted by Gasteiger charge is -2.59. The molecule has 40 heavy (non-hydrogen) atoms. The second kappa shape index (κ2) is 9.62. The Morgan fingerprint density at radius 2 is 1.73 bits per heavy atom. The van der Waals surface area contributed by atoms with Crippen molar-refractivity contribution in [3.63, 3.8) is 0 Å². The van der Waals surface area contributed by atoms with Crippen molar-refractivity contribution in [2.45, 2.75) is 70.9 Å². The first kappa shape index (κ1) is 29.6. The SMILES string of the molecule is CCCCCc1cc(N(C)C)c2c(c1O)C(O)=C1C(=O)[C@]3(O)C(O)=C(C(N)=O)C(=O)[C@@H](N(C)C)[C@]3(C)C[C@]1(C)C2. The number of aliphatic hydroxyl groups is 3. The number of aliphatic hydroxyl groups excluding tert-OH is 2. The fraction of sp³-hybridized carbons (Fsp3) is 0.567. The van der Waals surface area contributed by atoms with Crippen molar-refractivity contribution in [3.8, 4) is 5.75 Å². The number of carbonyl (C=O) groups is 3. The third-order valence-electron chi connectivity index (χ3n) is 9.22. The first-order valence-electron chi connectivity index (χ1n) is 13.7. The van der Waals surface area contributed by atoms with Crippen LogP contribution in [0.3, 0.4) is 0 Å². The van der Waals surface area contributed by atoms with Gasteiger partial charge in [-0.2, -0.15) is 0 Å². The number of aromatic hydroxyl groups is 1. The Kier molecular flexibility index (Phi) is 7.12. The quantitative estimate of drug-likeness (QED) is 0.251. The van der Waals surface area contributed by atoms with E-state index in [1.165, 1.54) is 11.8 Å². The third kappa shape index (κ3) is 3.79. The molecule has 3 aliphatic carbocycles. The van der Waals surface area contributed by atoms with Crippen molar-refractivity contribution in [2.24, 2.45) is 16.6 Å². The Labute approximate surface area is 234 Å². The monoisotopic (exact) mass is 555 g/mol. The van der Waals surface area contributed by atoms with E-state index in [0.29, 0.717) is 17.5 Å². The van der Waals surface area contributed by atoms with E-state index in [0.717, 1.165) is 24.9 Å². The molecule has 1 aromatic carbocycles. The van der Waals surface area contributed by atoms with Gasteiger partial charge in [0.15, 0.2) is 11.4 Å². The molecule has 0 spiro atoms.